The number of hydrogen-bond acceptors (Lipinski definition) is 6. The molecular weight excluding hydrogens is 428 g/mol. The van der Waals surface area contributed by atoms with E-state index in [2.05, 4.69) is 59.6 Å². The number of thiophene rings is 1. The largest absolute Gasteiger partial charge is 0.379 e. The molecule has 1 N–H and O–H groups in total. The topological polar surface area (TPSA) is 50.3 Å². The van der Waals surface area contributed by atoms with Crippen LogP contribution in [0.2, 0.25) is 0 Å². The summed E-state index contributed by atoms with van der Waals surface area (Å²) in [6.07, 6.45) is 4.85. The lowest BCUT2D eigenvalue weighted by Gasteiger charge is -2.26. The molecule has 6 heteroatoms. The van der Waals surface area contributed by atoms with Crippen LogP contribution in [0.3, 0.4) is 0 Å². The van der Waals surface area contributed by atoms with Gasteiger partial charge in [0.05, 0.1) is 25.1 Å². The summed E-state index contributed by atoms with van der Waals surface area (Å²) in [5, 5.41) is 7.60. The Morgan fingerprint density at radius 3 is 2.73 bits per heavy atom. The van der Waals surface area contributed by atoms with Gasteiger partial charge in [0.25, 0.3) is 0 Å². The summed E-state index contributed by atoms with van der Waals surface area (Å²) in [7, 11) is 0. The first-order valence-corrected chi connectivity index (χ1v) is 12.9. The van der Waals surface area contributed by atoms with Gasteiger partial charge in [-0.2, -0.15) is 0 Å². The Bertz CT molecular complexity index is 1290. The number of nitrogens with zero attached hydrogens (tertiary/aromatic N) is 3. The monoisotopic (exact) mass is 458 g/mol. The van der Waals surface area contributed by atoms with E-state index in [1.807, 2.05) is 11.3 Å². The van der Waals surface area contributed by atoms with Crippen LogP contribution in [0.4, 0.5) is 5.82 Å². The molecule has 2 aromatic heterocycles. The van der Waals surface area contributed by atoms with Crippen molar-refractivity contribution in [1.82, 2.24) is 14.9 Å². The molecule has 0 amide bonds. The molecule has 1 aliphatic carbocycles. The van der Waals surface area contributed by atoms with E-state index in [-0.39, 0.29) is 6.04 Å². The molecule has 2 aliphatic rings. The maximum absolute atomic E-state index is 5.53. The molecule has 0 unspecified atom stereocenters. The zero-order valence-electron chi connectivity index (χ0n) is 19.1. The highest BCUT2D eigenvalue weighted by atomic mass is 32.1. The third kappa shape index (κ3) is 4.23. The number of aryl methyl sites for hydroxylation is 2. The first-order chi connectivity index (χ1) is 16.2. The molecular formula is C27H30N4OS. The Morgan fingerprint density at radius 1 is 1.03 bits per heavy atom. The molecule has 2 aromatic carbocycles. The molecule has 6 rings (SSSR count). The van der Waals surface area contributed by atoms with Crippen LogP contribution in [0, 0.1) is 0 Å². The maximum Gasteiger partial charge on any atom is 0.146 e. The molecule has 1 aliphatic heterocycles. The van der Waals surface area contributed by atoms with E-state index >= 15 is 0 Å². The molecule has 0 spiro atoms. The molecule has 0 bridgehead atoms. The van der Waals surface area contributed by atoms with Crippen LogP contribution in [-0.2, 0) is 24.1 Å². The maximum atomic E-state index is 5.53. The third-order valence-corrected chi connectivity index (χ3v) is 8.14. The lowest BCUT2D eigenvalue weighted by Crippen LogP contribution is -2.36. The molecule has 1 fully saturated rings. The van der Waals surface area contributed by atoms with Gasteiger partial charge in [0.1, 0.15) is 16.5 Å². The smallest absolute Gasteiger partial charge is 0.146 e. The highest BCUT2D eigenvalue weighted by Crippen LogP contribution is 2.39. The second-order valence-electron chi connectivity index (χ2n) is 9.24. The van der Waals surface area contributed by atoms with Crippen molar-refractivity contribution in [2.24, 2.45) is 0 Å². The summed E-state index contributed by atoms with van der Waals surface area (Å²) in [6, 6.07) is 15.5. The minimum absolute atomic E-state index is 0.156. The Balaban J connectivity index is 1.37. The summed E-state index contributed by atoms with van der Waals surface area (Å²) < 4.78 is 5.53. The van der Waals surface area contributed by atoms with Crippen molar-refractivity contribution in [1.29, 1.82) is 0 Å². The number of morpholine rings is 1. The Hall–Kier alpha value is -2.54. The SMILES string of the molecule is C[C@@H](Nc1nc(CN2CCOCC2)nc2sc3c(c12)CCCC3)c1ccc2ccccc2c1. The summed E-state index contributed by atoms with van der Waals surface area (Å²) in [6.45, 7) is 6.48. The van der Waals surface area contributed by atoms with Gasteiger partial charge >= 0.3 is 0 Å². The first kappa shape index (κ1) is 21.0. The predicted molar refractivity (Wildman–Crippen MR) is 136 cm³/mol. The second kappa shape index (κ2) is 9.01. The van der Waals surface area contributed by atoms with Gasteiger partial charge in [-0.1, -0.05) is 36.4 Å². The summed E-state index contributed by atoms with van der Waals surface area (Å²) in [4.78, 5) is 15.2. The number of rotatable bonds is 5. The van der Waals surface area contributed by atoms with Crippen molar-refractivity contribution < 1.29 is 4.74 Å². The molecule has 1 saturated heterocycles. The van der Waals surface area contributed by atoms with Gasteiger partial charge in [-0.15, -0.1) is 11.3 Å². The van der Waals surface area contributed by atoms with Crippen LogP contribution in [0.15, 0.2) is 42.5 Å². The number of ether oxygens (including phenoxy) is 1. The molecule has 4 aromatic rings. The van der Waals surface area contributed by atoms with Crippen molar-refractivity contribution >= 4 is 38.1 Å². The lowest BCUT2D eigenvalue weighted by atomic mass is 9.96. The van der Waals surface area contributed by atoms with Crippen molar-refractivity contribution in [3.63, 3.8) is 0 Å². The van der Waals surface area contributed by atoms with Crippen LogP contribution in [0.1, 0.15) is 47.6 Å². The number of hydrogen-bond donors (Lipinski definition) is 1. The lowest BCUT2D eigenvalue weighted by molar-refractivity contribution is 0.0331. The molecule has 0 radical (unpaired) electrons. The third-order valence-electron chi connectivity index (χ3n) is 6.96. The van der Waals surface area contributed by atoms with E-state index in [1.54, 1.807) is 0 Å². The van der Waals surface area contributed by atoms with Crippen LogP contribution in [-0.4, -0.2) is 41.2 Å². The molecule has 0 saturated carbocycles. The zero-order chi connectivity index (χ0) is 22.2. The van der Waals surface area contributed by atoms with Gasteiger partial charge in [-0.3, -0.25) is 4.90 Å². The minimum Gasteiger partial charge on any atom is -0.379 e. The highest BCUT2D eigenvalue weighted by molar-refractivity contribution is 7.19. The van der Waals surface area contributed by atoms with Crippen molar-refractivity contribution in [2.45, 2.75) is 45.2 Å². The first-order valence-electron chi connectivity index (χ1n) is 12.1. The van der Waals surface area contributed by atoms with Crippen LogP contribution >= 0.6 is 11.3 Å². The van der Waals surface area contributed by atoms with E-state index in [9.17, 15) is 0 Å². The van der Waals surface area contributed by atoms with Crippen LogP contribution in [0.5, 0.6) is 0 Å². The molecule has 1 atom stereocenters. The minimum atomic E-state index is 0.156. The highest BCUT2D eigenvalue weighted by Gasteiger charge is 2.23. The average molecular weight is 459 g/mol. The van der Waals surface area contributed by atoms with Gasteiger partial charge in [-0.05, 0) is 60.6 Å². The van der Waals surface area contributed by atoms with Gasteiger partial charge in [0, 0.05) is 24.0 Å². The Kier molecular flexibility index (Phi) is 5.74. The van der Waals surface area contributed by atoms with Crippen molar-refractivity contribution in [3.05, 3.63) is 64.3 Å². The van der Waals surface area contributed by atoms with Gasteiger partial charge in [0.15, 0.2) is 0 Å². The van der Waals surface area contributed by atoms with E-state index < -0.39 is 0 Å². The van der Waals surface area contributed by atoms with Crippen LogP contribution < -0.4 is 5.32 Å². The molecule has 170 valence electrons. The quantitative estimate of drug-likeness (QED) is 0.414. The fourth-order valence-electron chi connectivity index (χ4n) is 5.10. The molecule has 3 heterocycles. The number of fused-ring (bicyclic) bond motifs is 4. The molecule has 33 heavy (non-hydrogen) atoms. The second-order valence-corrected chi connectivity index (χ2v) is 10.3. The van der Waals surface area contributed by atoms with Gasteiger partial charge in [-0.25, -0.2) is 9.97 Å². The van der Waals surface area contributed by atoms with E-state index in [4.69, 9.17) is 14.7 Å². The Morgan fingerprint density at radius 2 is 1.85 bits per heavy atom. The number of benzene rings is 2. The van der Waals surface area contributed by atoms with E-state index in [1.165, 1.54) is 51.4 Å². The standard InChI is InChI=1S/C27H30N4OS/c1-18(20-11-10-19-6-2-3-7-21(19)16-20)28-26-25-22-8-4-5-9-23(22)33-27(25)30-24(29-26)17-31-12-14-32-15-13-31/h2-3,6-7,10-11,16,18H,4-5,8-9,12-15,17H2,1H3,(H,28,29,30)/t18-/m1/s1. The average Bonchev–Trinajstić information content (AvgIpc) is 3.23. The fraction of sp³-hybridized carbons (Fsp3) is 0.407. The van der Waals surface area contributed by atoms with Gasteiger partial charge < -0.3 is 10.1 Å². The normalized spacial score (nSPS) is 17.8. The van der Waals surface area contributed by atoms with E-state index in [0.29, 0.717) is 0 Å². The number of nitrogens with one attached hydrogen (secondary N) is 1. The number of aromatic nitrogens is 2. The zero-order valence-corrected chi connectivity index (χ0v) is 20.0. The number of anilines is 1. The van der Waals surface area contributed by atoms with Crippen molar-refractivity contribution in [3.8, 4) is 0 Å². The fourth-order valence-corrected chi connectivity index (χ4v) is 6.38. The predicted octanol–water partition coefficient (Wildman–Crippen LogP) is 5.73. The Labute approximate surface area is 198 Å². The van der Waals surface area contributed by atoms with Crippen LogP contribution in [0.25, 0.3) is 21.0 Å². The van der Waals surface area contributed by atoms with Gasteiger partial charge in [0.2, 0.25) is 0 Å². The molecule has 5 nitrogen and oxygen atoms in total. The summed E-state index contributed by atoms with van der Waals surface area (Å²) >= 11 is 1.88. The summed E-state index contributed by atoms with van der Waals surface area (Å²) in [5.74, 6) is 1.92. The van der Waals surface area contributed by atoms with Crippen molar-refractivity contribution in [2.75, 3.05) is 31.6 Å². The van der Waals surface area contributed by atoms with E-state index in [0.717, 1.165) is 55.7 Å². The summed E-state index contributed by atoms with van der Waals surface area (Å²) in [5.41, 5.74) is 2.76.